The molecule has 64 heavy (non-hydrogen) atoms. The highest BCUT2D eigenvalue weighted by atomic mass is 16.3. The second-order valence-electron chi connectivity index (χ2n) is 26.8. The average molecular weight is 883 g/mol. The summed E-state index contributed by atoms with van der Waals surface area (Å²) < 4.78 is 0. The van der Waals surface area contributed by atoms with E-state index in [9.17, 15) is 20.4 Å². The Morgan fingerprint density at radius 2 is 1.09 bits per heavy atom. The Morgan fingerprint density at radius 3 is 1.48 bits per heavy atom. The van der Waals surface area contributed by atoms with Gasteiger partial charge in [0.15, 0.2) is 0 Å². The number of aliphatic hydroxyl groups is 4. The molecule has 0 aromatic rings. The van der Waals surface area contributed by atoms with Crippen molar-refractivity contribution in [1.29, 1.82) is 0 Å². The molecule has 0 saturated heterocycles. The van der Waals surface area contributed by atoms with Gasteiger partial charge in [0, 0.05) is 29.3 Å². The van der Waals surface area contributed by atoms with Gasteiger partial charge in [-0.3, -0.25) is 0 Å². The van der Waals surface area contributed by atoms with Crippen molar-refractivity contribution in [3.63, 3.8) is 0 Å². The van der Waals surface area contributed by atoms with Gasteiger partial charge in [-0.15, -0.1) is 0 Å². The zero-order valence-electron chi connectivity index (χ0n) is 43.3. The van der Waals surface area contributed by atoms with E-state index in [1.165, 1.54) is 88.2 Å². The van der Waals surface area contributed by atoms with Gasteiger partial charge >= 0.3 is 0 Å². The topological polar surface area (TPSA) is 80.9 Å². The Balaban J connectivity index is 0.000000192. The van der Waals surface area contributed by atoms with Gasteiger partial charge in [0.05, 0.1) is 18.8 Å². The van der Waals surface area contributed by atoms with Crippen LogP contribution < -0.4 is 0 Å². The fraction of sp³-hybridized carbons (Fsp3) is 0.833. The van der Waals surface area contributed by atoms with Crippen LogP contribution in [0.25, 0.3) is 0 Å². The minimum Gasteiger partial charge on any atom is -0.396 e. The first-order valence-corrected chi connectivity index (χ1v) is 27.0. The van der Waals surface area contributed by atoms with Gasteiger partial charge in [0.25, 0.3) is 0 Å². The second kappa shape index (κ2) is 18.5. The number of allylic oxidation sites excluding steroid dienone is 7. The van der Waals surface area contributed by atoms with Gasteiger partial charge in [-0.05, 0) is 184 Å². The predicted octanol–water partition coefficient (Wildman–Crippen LogP) is 14.1. The third kappa shape index (κ3) is 8.87. The van der Waals surface area contributed by atoms with Crippen LogP contribution in [0.15, 0.2) is 59.8 Å². The number of fused-ring (bicyclic) bond motifs is 4. The molecule has 4 heteroatoms. The molecule has 8 aliphatic rings. The fourth-order valence-corrected chi connectivity index (χ4v) is 16.4. The normalized spacial score (nSPS) is 43.3. The summed E-state index contributed by atoms with van der Waals surface area (Å²) >= 11 is 0. The summed E-state index contributed by atoms with van der Waals surface area (Å²) in [7, 11) is 0. The lowest BCUT2D eigenvalue weighted by molar-refractivity contribution is -0.0855. The summed E-state index contributed by atoms with van der Waals surface area (Å²) in [6, 6.07) is 0. The Hall–Kier alpha value is -1.46. The van der Waals surface area contributed by atoms with Crippen molar-refractivity contribution < 1.29 is 20.4 Å². The van der Waals surface area contributed by atoms with Crippen LogP contribution in [0.2, 0.25) is 0 Å². The van der Waals surface area contributed by atoms with Gasteiger partial charge in [0.2, 0.25) is 0 Å². The fourth-order valence-electron chi connectivity index (χ4n) is 16.4. The minimum absolute atomic E-state index is 0.0245. The lowest BCUT2D eigenvalue weighted by atomic mass is 9.60. The molecule has 0 bridgehead atoms. The van der Waals surface area contributed by atoms with E-state index in [1.54, 1.807) is 5.57 Å². The first-order chi connectivity index (χ1) is 30.0. The van der Waals surface area contributed by atoms with Crippen LogP contribution in [0.5, 0.6) is 0 Å². The summed E-state index contributed by atoms with van der Waals surface area (Å²) in [5.74, 6) is 6.76. The predicted molar refractivity (Wildman–Crippen MR) is 268 cm³/mol. The zero-order chi connectivity index (χ0) is 46.8. The molecule has 8 saturated carbocycles. The van der Waals surface area contributed by atoms with Gasteiger partial charge in [-0.25, -0.2) is 0 Å². The van der Waals surface area contributed by atoms with E-state index < -0.39 is 5.60 Å². The Bertz CT molecular complexity index is 1790. The number of rotatable bonds is 13. The third-order valence-electron chi connectivity index (χ3n) is 21.8. The molecule has 0 aromatic carbocycles. The maximum absolute atomic E-state index is 11.2. The first-order valence-electron chi connectivity index (χ1n) is 27.0. The van der Waals surface area contributed by atoms with Crippen molar-refractivity contribution in [2.45, 2.75) is 191 Å². The van der Waals surface area contributed by atoms with Crippen molar-refractivity contribution in [2.75, 3.05) is 19.8 Å². The molecule has 8 fully saturated rings. The van der Waals surface area contributed by atoms with Gasteiger partial charge in [0.1, 0.15) is 0 Å². The van der Waals surface area contributed by atoms with Crippen molar-refractivity contribution in [1.82, 2.24) is 0 Å². The van der Waals surface area contributed by atoms with Crippen LogP contribution in [0, 0.1) is 104 Å². The van der Waals surface area contributed by atoms with Crippen molar-refractivity contribution >= 4 is 0 Å². The molecule has 362 valence electrons. The van der Waals surface area contributed by atoms with Crippen molar-refractivity contribution in [2.24, 2.45) is 104 Å². The SMILES string of the molecule is C=C1CC[C@@H]2C[C@]12[C@@H](/C=C1\CCC[C@]2(C)[C@@H]([C@H](C)/C=C/[C@H](C)C(C)(C)C)CC[C@@H]12)CO.C[C@H](/C=C/[C@H](C)C(C)(C)C)[C@H]1CC[C@H]2/C(=C/[C@@H](CO)[C@]34C[C@H]3CCC4(O)CO)CCC[C@]12C. The standard InChI is InChI=1S/C30H50O3.C30H48O/c1-20(9-10-21(2)27(3,4)5)25-11-12-26-22(8-7-14-28(25,26)6)16-24(18-31)30-17-23(30)13-15-29(30,33)19-32;1-20(10-11-21(2)28(4,5)6)26-14-15-27-23(9-8-16-29(26,27)7)17-25(19-31)30-18-24(30)13-12-22(30)3/h9-10,16,20-21,23-26,31-33H,7-8,11-15,17-19H2,1-6H3;10-11,17,20-21,24-27,31H,3,8-9,12-16,18-19H2,1-2,4-7H3/b10-9+,22-16+;11-10+,23-17+/t20-,21+,23-,24+,25-,26+,28-,29?,30+;20-,21+,24-,25+,26-,27+,29-,30+/m11/s1. The Morgan fingerprint density at radius 1 is 0.609 bits per heavy atom. The zero-order valence-corrected chi connectivity index (χ0v) is 43.3. The van der Waals surface area contributed by atoms with Gasteiger partial charge in [-0.2, -0.15) is 0 Å². The molecule has 8 aliphatic carbocycles. The van der Waals surface area contributed by atoms with E-state index in [-0.39, 0.29) is 30.0 Å². The molecule has 0 heterocycles. The average Bonchev–Trinajstić information content (AvgIpc) is 3.98. The molecule has 8 rings (SSSR count). The molecule has 0 aromatic heterocycles. The minimum atomic E-state index is -1.01. The maximum atomic E-state index is 11.2. The monoisotopic (exact) mass is 883 g/mol. The number of hydrogen-bond acceptors (Lipinski definition) is 4. The summed E-state index contributed by atoms with van der Waals surface area (Å²) in [5, 5.41) is 42.0. The van der Waals surface area contributed by atoms with Crippen LogP contribution in [0.1, 0.15) is 186 Å². The molecule has 0 radical (unpaired) electrons. The van der Waals surface area contributed by atoms with E-state index in [4.69, 9.17) is 0 Å². The number of aliphatic hydroxyl groups excluding tert-OH is 3. The van der Waals surface area contributed by atoms with Crippen molar-refractivity contribution in [3.8, 4) is 0 Å². The molecule has 1 unspecified atom stereocenters. The van der Waals surface area contributed by atoms with Crippen LogP contribution in [0.4, 0.5) is 0 Å². The Labute approximate surface area is 393 Å². The lowest BCUT2D eigenvalue weighted by Crippen LogP contribution is -2.46. The highest BCUT2D eigenvalue weighted by Crippen LogP contribution is 2.73. The van der Waals surface area contributed by atoms with Crippen LogP contribution in [0.3, 0.4) is 0 Å². The van der Waals surface area contributed by atoms with Gasteiger partial charge in [-0.1, -0.05) is 143 Å². The molecule has 0 spiro atoms. The highest BCUT2D eigenvalue weighted by Gasteiger charge is 2.72. The lowest BCUT2D eigenvalue weighted by Gasteiger charge is -2.45. The van der Waals surface area contributed by atoms with E-state index in [0.717, 1.165) is 37.0 Å². The van der Waals surface area contributed by atoms with E-state index in [2.05, 4.69) is 126 Å². The molecule has 4 N–H and O–H groups in total. The van der Waals surface area contributed by atoms with Crippen LogP contribution in [-0.2, 0) is 0 Å². The van der Waals surface area contributed by atoms with Crippen LogP contribution >= 0.6 is 0 Å². The van der Waals surface area contributed by atoms with E-state index >= 15 is 0 Å². The second-order valence-corrected chi connectivity index (χ2v) is 26.8. The molecular weight excluding hydrogens is 785 g/mol. The molecular formula is C60H98O4. The smallest absolute Gasteiger partial charge is 0.0942 e. The first kappa shape index (κ1) is 50.4. The molecule has 0 amide bonds. The largest absolute Gasteiger partial charge is 0.396 e. The quantitative estimate of drug-likeness (QED) is 0.139. The van der Waals surface area contributed by atoms with Crippen LogP contribution in [-0.4, -0.2) is 45.8 Å². The van der Waals surface area contributed by atoms with Crippen molar-refractivity contribution in [3.05, 3.63) is 59.8 Å². The molecule has 4 nitrogen and oxygen atoms in total. The van der Waals surface area contributed by atoms with E-state index in [0.29, 0.717) is 82.0 Å². The number of hydrogen-bond donors (Lipinski definition) is 4. The van der Waals surface area contributed by atoms with E-state index in [1.807, 2.05) is 0 Å². The molecule has 17 atom stereocenters. The maximum Gasteiger partial charge on any atom is 0.0942 e. The summed E-state index contributed by atoms with van der Waals surface area (Å²) in [6.45, 7) is 33.4. The summed E-state index contributed by atoms with van der Waals surface area (Å²) in [5.41, 5.74) is 4.99. The van der Waals surface area contributed by atoms with Gasteiger partial charge < -0.3 is 20.4 Å². The highest BCUT2D eigenvalue weighted by molar-refractivity contribution is 5.34. The summed E-state index contributed by atoms with van der Waals surface area (Å²) in [6.07, 6.45) is 34.1. The third-order valence-corrected chi connectivity index (χ3v) is 21.8. The summed E-state index contributed by atoms with van der Waals surface area (Å²) in [4.78, 5) is 0. The molecule has 0 aliphatic heterocycles. The Kier molecular flexibility index (Phi) is 14.5.